The number of hydrogen-bond acceptors (Lipinski definition) is 5. The number of rotatable bonds is 5. The van der Waals surface area contributed by atoms with Gasteiger partial charge in [0.05, 0.1) is 6.54 Å². The Bertz CT molecular complexity index is 798. The maximum Gasteiger partial charge on any atom is 0.285 e. The van der Waals surface area contributed by atoms with Crippen LogP contribution in [0.1, 0.15) is 24.8 Å². The fraction of sp³-hybridized carbons (Fsp3) is 0.556. The van der Waals surface area contributed by atoms with E-state index in [1.54, 1.807) is 36.2 Å². The van der Waals surface area contributed by atoms with Gasteiger partial charge in [0.2, 0.25) is 5.91 Å². The van der Waals surface area contributed by atoms with Crippen molar-refractivity contribution in [1.29, 1.82) is 0 Å². The summed E-state index contributed by atoms with van der Waals surface area (Å²) in [6.45, 7) is 2.67. The van der Waals surface area contributed by atoms with Crippen molar-refractivity contribution >= 4 is 21.8 Å². The highest BCUT2D eigenvalue weighted by atomic mass is 32.2. The minimum Gasteiger partial charge on any atom is -0.349 e. The van der Waals surface area contributed by atoms with Crippen LogP contribution in [0.3, 0.4) is 0 Å². The number of hydrogen-bond donors (Lipinski definition) is 1. The molecule has 1 aromatic rings. The predicted molar refractivity (Wildman–Crippen MR) is 101 cm³/mol. The van der Waals surface area contributed by atoms with Gasteiger partial charge in [0.25, 0.3) is 10.0 Å². The van der Waals surface area contributed by atoms with E-state index in [4.69, 9.17) is 0 Å². The van der Waals surface area contributed by atoms with Crippen LogP contribution in [0.4, 0.5) is 0 Å². The maximum atomic E-state index is 12.6. The molecule has 1 amide bonds. The summed E-state index contributed by atoms with van der Waals surface area (Å²) >= 11 is 0. The lowest BCUT2D eigenvalue weighted by molar-refractivity contribution is -0.132. The van der Waals surface area contributed by atoms with Gasteiger partial charge in [-0.15, -0.1) is 4.40 Å². The number of carbonyl (C=O) groups excluding carboxylic acids is 1. The van der Waals surface area contributed by atoms with Crippen LogP contribution in [0.25, 0.3) is 0 Å². The van der Waals surface area contributed by atoms with Gasteiger partial charge in [-0.05, 0) is 50.9 Å². The highest BCUT2D eigenvalue weighted by molar-refractivity contribution is 7.90. The second-order valence-corrected chi connectivity index (χ2v) is 8.53. The second kappa shape index (κ2) is 7.75. The summed E-state index contributed by atoms with van der Waals surface area (Å²) in [5, 5.41) is 3.17. The van der Waals surface area contributed by atoms with E-state index in [1.165, 1.54) is 0 Å². The number of amides is 1. The van der Waals surface area contributed by atoms with E-state index >= 15 is 0 Å². The third-order valence-electron chi connectivity index (χ3n) is 5.12. The molecule has 7 nitrogen and oxygen atoms in total. The van der Waals surface area contributed by atoms with Gasteiger partial charge in [0.1, 0.15) is 4.90 Å². The van der Waals surface area contributed by atoms with Crippen LogP contribution < -0.4 is 5.32 Å². The number of piperidine rings is 1. The fourth-order valence-electron chi connectivity index (χ4n) is 3.56. The zero-order chi connectivity index (χ0) is 18.7. The SMILES string of the molecule is CNCCC1CCN(C(=O)CN(C)C2=NS(=O)(=O)c3ccccc32)CC1. The summed E-state index contributed by atoms with van der Waals surface area (Å²) in [4.78, 5) is 16.3. The number of amidine groups is 1. The molecule has 1 aromatic carbocycles. The zero-order valence-corrected chi connectivity index (χ0v) is 16.1. The predicted octanol–water partition coefficient (Wildman–Crippen LogP) is 0.915. The molecule has 0 unspecified atom stereocenters. The molecule has 2 aliphatic heterocycles. The molecule has 0 radical (unpaired) electrons. The summed E-state index contributed by atoms with van der Waals surface area (Å²) in [5.74, 6) is 1.03. The van der Waals surface area contributed by atoms with Crippen molar-refractivity contribution in [2.45, 2.75) is 24.2 Å². The Balaban J connectivity index is 1.61. The largest absolute Gasteiger partial charge is 0.349 e. The lowest BCUT2D eigenvalue weighted by atomic mass is 9.93. The normalized spacial score (nSPS) is 19.2. The summed E-state index contributed by atoms with van der Waals surface area (Å²) < 4.78 is 28.2. The molecule has 0 aromatic heterocycles. The molecule has 0 bridgehead atoms. The monoisotopic (exact) mass is 378 g/mol. The molecular formula is C18H26N4O3S. The van der Waals surface area contributed by atoms with Crippen LogP contribution in [0, 0.1) is 5.92 Å². The van der Waals surface area contributed by atoms with Gasteiger partial charge in [0, 0.05) is 25.7 Å². The van der Waals surface area contributed by atoms with Crippen LogP contribution in [0.2, 0.25) is 0 Å². The summed E-state index contributed by atoms with van der Waals surface area (Å²) in [6, 6.07) is 6.73. The lowest BCUT2D eigenvalue weighted by Crippen LogP contribution is -2.44. The highest BCUT2D eigenvalue weighted by Crippen LogP contribution is 2.27. The summed E-state index contributed by atoms with van der Waals surface area (Å²) in [6.07, 6.45) is 3.19. The minimum atomic E-state index is -3.66. The molecule has 1 fully saturated rings. The first kappa shape index (κ1) is 18.8. The van der Waals surface area contributed by atoms with E-state index in [-0.39, 0.29) is 17.3 Å². The molecule has 26 heavy (non-hydrogen) atoms. The van der Waals surface area contributed by atoms with Crippen LogP contribution >= 0.6 is 0 Å². The number of benzene rings is 1. The molecule has 0 saturated carbocycles. The Hall–Kier alpha value is -1.93. The summed E-state index contributed by atoms with van der Waals surface area (Å²) in [7, 11) is 0.0121. The second-order valence-electron chi connectivity index (χ2n) is 6.96. The number of sulfonamides is 1. The number of nitrogens with one attached hydrogen (secondary N) is 1. The molecule has 142 valence electrons. The van der Waals surface area contributed by atoms with Gasteiger partial charge in [-0.25, -0.2) is 0 Å². The van der Waals surface area contributed by atoms with Gasteiger partial charge in [-0.3, -0.25) is 4.79 Å². The van der Waals surface area contributed by atoms with Crippen LogP contribution in [-0.2, 0) is 14.8 Å². The van der Waals surface area contributed by atoms with Crippen molar-refractivity contribution in [1.82, 2.24) is 15.1 Å². The van der Waals surface area contributed by atoms with E-state index in [0.717, 1.165) is 38.9 Å². The van der Waals surface area contributed by atoms with E-state index < -0.39 is 10.0 Å². The first-order chi connectivity index (χ1) is 12.4. The van der Waals surface area contributed by atoms with Crippen molar-refractivity contribution in [3.8, 4) is 0 Å². The Labute approximate surface area is 155 Å². The third kappa shape index (κ3) is 3.91. The average Bonchev–Trinajstić information content (AvgIpc) is 2.92. The van der Waals surface area contributed by atoms with Gasteiger partial charge in [-0.1, -0.05) is 12.1 Å². The Morgan fingerprint density at radius 1 is 1.31 bits per heavy atom. The minimum absolute atomic E-state index is 0.0176. The zero-order valence-electron chi connectivity index (χ0n) is 15.3. The van der Waals surface area contributed by atoms with E-state index in [9.17, 15) is 13.2 Å². The van der Waals surface area contributed by atoms with Gasteiger partial charge >= 0.3 is 0 Å². The number of likely N-dealkylation sites (tertiary alicyclic amines) is 1. The number of carbonyl (C=O) groups is 1. The molecule has 0 aliphatic carbocycles. The molecule has 1 saturated heterocycles. The van der Waals surface area contributed by atoms with Crippen molar-refractivity contribution in [3.63, 3.8) is 0 Å². The topological polar surface area (TPSA) is 82.1 Å². The quantitative estimate of drug-likeness (QED) is 0.824. The Morgan fingerprint density at radius 2 is 2.00 bits per heavy atom. The number of nitrogens with zero attached hydrogens (tertiary/aromatic N) is 3. The molecule has 2 aliphatic rings. The van der Waals surface area contributed by atoms with E-state index in [1.807, 2.05) is 11.9 Å². The molecule has 1 N–H and O–H groups in total. The molecule has 8 heteroatoms. The Kier molecular flexibility index (Phi) is 5.62. The van der Waals surface area contributed by atoms with Gasteiger partial charge in [0.15, 0.2) is 5.84 Å². The first-order valence-corrected chi connectivity index (χ1v) is 10.4. The molecular weight excluding hydrogens is 352 g/mol. The third-order valence-corrected chi connectivity index (χ3v) is 6.44. The molecule has 0 spiro atoms. The lowest BCUT2D eigenvalue weighted by Gasteiger charge is -2.33. The van der Waals surface area contributed by atoms with Crippen molar-refractivity contribution < 1.29 is 13.2 Å². The summed E-state index contributed by atoms with van der Waals surface area (Å²) in [5.41, 5.74) is 0.563. The average molecular weight is 378 g/mol. The first-order valence-electron chi connectivity index (χ1n) is 9.00. The number of fused-ring (bicyclic) bond motifs is 1. The smallest absolute Gasteiger partial charge is 0.285 e. The van der Waals surface area contributed by atoms with Crippen LogP contribution in [0.15, 0.2) is 33.6 Å². The standard InChI is InChI=1S/C18H26N4O3S/c1-19-10-7-14-8-11-22(12-9-14)17(23)13-21(2)18-15-5-3-4-6-16(15)26(24,25)20-18/h3-6,14,19H,7-13H2,1-2H3. The van der Waals surface area contributed by atoms with Crippen molar-refractivity contribution in [2.75, 3.05) is 40.3 Å². The van der Waals surface area contributed by atoms with Crippen LogP contribution in [-0.4, -0.2) is 70.2 Å². The Morgan fingerprint density at radius 3 is 2.69 bits per heavy atom. The van der Waals surface area contributed by atoms with Crippen LogP contribution in [0.5, 0.6) is 0 Å². The van der Waals surface area contributed by atoms with E-state index in [2.05, 4.69) is 9.71 Å². The molecule has 0 atom stereocenters. The van der Waals surface area contributed by atoms with Gasteiger partial charge in [-0.2, -0.15) is 8.42 Å². The molecule has 3 rings (SSSR count). The van der Waals surface area contributed by atoms with E-state index in [0.29, 0.717) is 17.3 Å². The fourth-order valence-corrected chi connectivity index (χ4v) is 4.81. The highest BCUT2D eigenvalue weighted by Gasteiger charge is 2.32. The van der Waals surface area contributed by atoms with Gasteiger partial charge < -0.3 is 15.1 Å². The van der Waals surface area contributed by atoms with Crippen molar-refractivity contribution in [3.05, 3.63) is 29.8 Å². The van der Waals surface area contributed by atoms with Crippen molar-refractivity contribution in [2.24, 2.45) is 10.3 Å². The maximum absolute atomic E-state index is 12.6. The number of likely N-dealkylation sites (N-methyl/N-ethyl adjacent to an activating group) is 1. The molecule has 2 heterocycles.